The molecule has 26 heavy (non-hydrogen) atoms. The Labute approximate surface area is 158 Å². The molecule has 140 valence electrons. The molecule has 0 radical (unpaired) electrons. The van der Waals surface area contributed by atoms with E-state index in [1.54, 1.807) is 24.4 Å². The third-order valence-corrected chi connectivity index (χ3v) is 6.46. The largest absolute Gasteiger partial charge is 0.311 e. The van der Waals surface area contributed by atoms with E-state index in [2.05, 4.69) is 15.5 Å². The van der Waals surface area contributed by atoms with Crippen LogP contribution in [0.15, 0.2) is 35.4 Å². The van der Waals surface area contributed by atoms with Gasteiger partial charge in [-0.2, -0.15) is 5.10 Å². The molecule has 0 bridgehead atoms. The topological polar surface area (TPSA) is 91.9 Å². The molecule has 1 saturated carbocycles. The lowest BCUT2D eigenvalue weighted by Crippen LogP contribution is -2.23. The molecule has 1 fully saturated rings. The van der Waals surface area contributed by atoms with Crippen molar-refractivity contribution < 1.29 is 13.2 Å². The van der Waals surface area contributed by atoms with Crippen molar-refractivity contribution in [3.63, 3.8) is 0 Å². The minimum atomic E-state index is -3.41. The number of nitrogens with zero attached hydrogens (tertiary/aromatic N) is 1. The third kappa shape index (κ3) is 4.45. The number of aromatic nitrogens is 2. The number of hydrogen-bond donors (Lipinski definition) is 2. The summed E-state index contributed by atoms with van der Waals surface area (Å²) < 4.78 is 23.6. The Bertz CT molecular complexity index is 875. The Morgan fingerprint density at radius 3 is 2.65 bits per heavy atom. The van der Waals surface area contributed by atoms with Gasteiger partial charge in [0.1, 0.15) is 5.82 Å². The molecule has 2 aromatic rings. The van der Waals surface area contributed by atoms with E-state index in [4.69, 9.17) is 11.6 Å². The second-order valence-electron chi connectivity index (χ2n) is 6.86. The minimum absolute atomic E-state index is 0.0801. The first-order valence-electron chi connectivity index (χ1n) is 8.64. The molecule has 0 aliphatic heterocycles. The quantitative estimate of drug-likeness (QED) is 0.778. The number of aromatic amines is 1. The van der Waals surface area contributed by atoms with Crippen LogP contribution in [0.5, 0.6) is 0 Å². The van der Waals surface area contributed by atoms with Crippen LogP contribution in [0.4, 0.5) is 5.82 Å². The monoisotopic (exact) mass is 395 g/mol. The number of nitrogens with one attached hydrogen (secondary N) is 2. The van der Waals surface area contributed by atoms with Crippen molar-refractivity contribution in [2.45, 2.75) is 42.9 Å². The van der Waals surface area contributed by atoms with E-state index in [-0.39, 0.29) is 15.8 Å². The average molecular weight is 396 g/mol. The Morgan fingerprint density at radius 1 is 1.35 bits per heavy atom. The number of amides is 1. The maximum Gasteiger partial charge on any atom is 0.233 e. The van der Waals surface area contributed by atoms with Gasteiger partial charge in [-0.3, -0.25) is 9.89 Å². The van der Waals surface area contributed by atoms with E-state index in [9.17, 15) is 13.2 Å². The van der Waals surface area contributed by atoms with Crippen LogP contribution < -0.4 is 5.32 Å². The van der Waals surface area contributed by atoms with E-state index < -0.39 is 15.8 Å². The Kier molecular flexibility index (Phi) is 5.67. The summed E-state index contributed by atoms with van der Waals surface area (Å²) in [6.45, 7) is 0. The molecule has 2 N–H and O–H groups in total. The third-order valence-electron chi connectivity index (χ3n) is 4.88. The van der Waals surface area contributed by atoms with Crippen molar-refractivity contribution in [3.05, 3.63) is 41.0 Å². The van der Waals surface area contributed by atoms with Crippen LogP contribution in [0.2, 0.25) is 5.02 Å². The van der Waals surface area contributed by atoms with Gasteiger partial charge in [-0.05, 0) is 30.0 Å². The zero-order valence-corrected chi connectivity index (χ0v) is 16.1. The van der Waals surface area contributed by atoms with Gasteiger partial charge in [0, 0.05) is 12.3 Å². The molecular formula is C18H22ClN3O3S. The van der Waals surface area contributed by atoms with Gasteiger partial charge < -0.3 is 5.32 Å². The predicted molar refractivity (Wildman–Crippen MR) is 101 cm³/mol. The highest BCUT2D eigenvalue weighted by Gasteiger charge is 2.28. The molecule has 1 aromatic carbocycles. The van der Waals surface area contributed by atoms with Gasteiger partial charge in [0.05, 0.1) is 22.0 Å². The second kappa shape index (κ2) is 7.80. The normalized spacial score (nSPS) is 16.5. The highest BCUT2D eigenvalue weighted by atomic mass is 35.5. The van der Waals surface area contributed by atoms with Crippen molar-refractivity contribution in [2.24, 2.45) is 5.92 Å². The SMILES string of the molecule is CS(=O)(=O)c1ccc([C@@H](CC2CCCC2)C(=O)Nc2ccn[nH]2)cc1Cl. The molecule has 8 heteroatoms. The Morgan fingerprint density at radius 2 is 2.08 bits per heavy atom. The zero-order valence-electron chi connectivity index (χ0n) is 14.5. The fraction of sp³-hybridized carbons (Fsp3) is 0.444. The van der Waals surface area contributed by atoms with E-state index >= 15 is 0 Å². The number of carbonyl (C=O) groups excluding carboxylic acids is 1. The summed E-state index contributed by atoms with van der Waals surface area (Å²) in [6.07, 6.45) is 8.01. The van der Waals surface area contributed by atoms with Crippen molar-refractivity contribution in [3.8, 4) is 0 Å². The lowest BCUT2D eigenvalue weighted by molar-refractivity contribution is -0.118. The molecule has 1 aromatic heterocycles. The summed E-state index contributed by atoms with van der Waals surface area (Å²) in [7, 11) is -3.41. The molecule has 3 rings (SSSR count). The molecule has 1 atom stereocenters. The summed E-state index contributed by atoms with van der Waals surface area (Å²) >= 11 is 6.20. The molecule has 6 nitrogen and oxygen atoms in total. The summed E-state index contributed by atoms with van der Waals surface area (Å²) in [5.41, 5.74) is 0.728. The van der Waals surface area contributed by atoms with Crippen molar-refractivity contribution in [2.75, 3.05) is 11.6 Å². The van der Waals surface area contributed by atoms with Gasteiger partial charge in [-0.15, -0.1) is 0 Å². The van der Waals surface area contributed by atoms with E-state index in [0.717, 1.165) is 24.7 Å². The number of benzene rings is 1. The molecule has 0 spiro atoms. The molecule has 1 amide bonds. The summed E-state index contributed by atoms with van der Waals surface area (Å²) in [4.78, 5) is 13.0. The number of rotatable bonds is 6. The van der Waals surface area contributed by atoms with Crippen LogP contribution in [0, 0.1) is 5.92 Å². The van der Waals surface area contributed by atoms with Crippen molar-refractivity contribution >= 4 is 33.2 Å². The first-order chi connectivity index (χ1) is 12.3. The van der Waals surface area contributed by atoms with E-state index in [1.165, 1.54) is 18.9 Å². The highest BCUT2D eigenvalue weighted by molar-refractivity contribution is 7.90. The predicted octanol–water partition coefficient (Wildman–Crippen LogP) is 3.77. The summed E-state index contributed by atoms with van der Waals surface area (Å²) in [5, 5.41) is 9.55. The van der Waals surface area contributed by atoms with Crippen molar-refractivity contribution in [1.82, 2.24) is 10.2 Å². The molecule has 0 unspecified atom stereocenters. The Balaban J connectivity index is 1.89. The van der Waals surface area contributed by atoms with Crippen LogP contribution in [-0.4, -0.2) is 30.8 Å². The number of hydrogen-bond acceptors (Lipinski definition) is 4. The molecule has 0 saturated heterocycles. The molecular weight excluding hydrogens is 374 g/mol. The fourth-order valence-corrected chi connectivity index (χ4v) is 4.89. The van der Waals surface area contributed by atoms with Gasteiger partial charge in [0.15, 0.2) is 9.84 Å². The molecule has 1 heterocycles. The van der Waals surface area contributed by atoms with Gasteiger partial charge >= 0.3 is 0 Å². The molecule has 1 aliphatic rings. The van der Waals surface area contributed by atoms with Gasteiger partial charge in [-0.1, -0.05) is 43.4 Å². The minimum Gasteiger partial charge on any atom is -0.311 e. The van der Waals surface area contributed by atoms with Crippen LogP contribution in [-0.2, 0) is 14.6 Å². The number of sulfone groups is 1. The van der Waals surface area contributed by atoms with Crippen LogP contribution in [0.3, 0.4) is 0 Å². The second-order valence-corrected chi connectivity index (χ2v) is 9.25. The summed E-state index contributed by atoms with van der Waals surface area (Å²) in [5.74, 6) is 0.475. The van der Waals surface area contributed by atoms with Gasteiger partial charge in [0.25, 0.3) is 0 Å². The lowest BCUT2D eigenvalue weighted by atomic mass is 9.87. The number of halogens is 1. The fourth-order valence-electron chi connectivity index (χ4n) is 3.55. The molecule has 1 aliphatic carbocycles. The Hall–Kier alpha value is -1.86. The standard InChI is InChI=1S/C18H22ClN3O3S/c1-26(24,25)16-7-6-13(11-15(16)19)14(10-12-4-2-3-5-12)18(23)21-17-8-9-20-22-17/h6-9,11-12,14H,2-5,10H2,1H3,(H2,20,21,22,23)/t14-/m1/s1. The van der Waals surface area contributed by atoms with Gasteiger partial charge in [0.2, 0.25) is 5.91 Å². The number of anilines is 1. The van der Waals surface area contributed by atoms with E-state index in [0.29, 0.717) is 18.2 Å². The maximum absolute atomic E-state index is 12.9. The van der Waals surface area contributed by atoms with Crippen LogP contribution in [0.1, 0.15) is 43.6 Å². The maximum atomic E-state index is 12.9. The number of carbonyl (C=O) groups is 1. The summed E-state index contributed by atoms with van der Waals surface area (Å²) in [6, 6.07) is 6.46. The lowest BCUT2D eigenvalue weighted by Gasteiger charge is -2.21. The van der Waals surface area contributed by atoms with E-state index in [1.807, 2.05) is 0 Å². The zero-order chi connectivity index (χ0) is 18.7. The van der Waals surface area contributed by atoms with Crippen LogP contribution in [0.25, 0.3) is 0 Å². The van der Waals surface area contributed by atoms with Crippen LogP contribution >= 0.6 is 11.6 Å². The average Bonchev–Trinajstić information content (AvgIpc) is 3.24. The number of H-pyrrole nitrogens is 1. The first kappa shape index (κ1) is 18.9. The first-order valence-corrected chi connectivity index (χ1v) is 10.9. The smallest absolute Gasteiger partial charge is 0.233 e. The highest BCUT2D eigenvalue weighted by Crippen LogP contribution is 2.36. The van der Waals surface area contributed by atoms with Crippen molar-refractivity contribution in [1.29, 1.82) is 0 Å². The van der Waals surface area contributed by atoms with Gasteiger partial charge in [-0.25, -0.2) is 8.42 Å².